The summed E-state index contributed by atoms with van der Waals surface area (Å²) in [6, 6.07) is 8.06. The van der Waals surface area contributed by atoms with E-state index in [2.05, 4.69) is 13.8 Å². The Bertz CT molecular complexity index is 480. The van der Waals surface area contributed by atoms with E-state index < -0.39 is 0 Å². The molecule has 0 spiro atoms. The number of carbonyl (C=O) groups excluding carboxylic acids is 1. The molecular weight excluding hydrogens is 300 g/mol. The SMILES string of the molecule is CCCCCCCOc1ccc(C2CC(CCCC)C(=O)O2)cc1. The molecule has 0 N–H and O–H groups in total. The van der Waals surface area contributed by atoms with Crippen molar-refractivity contribution in [2.24, 2.45) is 5.92 Å². The molecule has 1 heterocycles. The van der Waals surface area contributed by atoms with E-state index in [1.807, 2.05) is 24.3 Å². The lowest BCUT2D eigenvalue weighted by atomic mass is 9.96. The molecule has 1 aromatic rings. The van der Waals surface area contributed by atoms with Gasteiger partial charge in [0.25, 0.3) is 0 Å². The van der Waals surface area contributed by atoms with E-state index in [-0.39, 0.29) is 18.0 Å². The van der Waals surface area contributed by atoms with Crippen molar-refractivity contribution >= 4 is 5.97 Å². The number of hydrogen-bond acceptors (Lipinski definition) is 3. The molecule has 0 saturated carbocycles. The Morgan fingerprint density at radius 1 is 1.00 bits per heavy atom. The van der Waals surface area contributed by atoms with E-state index in [1.165, 1.54) is 25.7 Å². The maximum atomic E-state index is 11.9. The van der Waals surface area contributed by atoms with Gasteiger partial charge in [-0.2, -0.15) is 0 Å². The van der Waals surface area contributed by atoms with Crippen LogP contribution in [0.5, 0.6) is 5.75 Å². The van der Waals surface area contributed by atoms with Crippen molar-refractivity contribution < 1.29 is 14.3 Å². The number of carbonyl (C=O) groups is 1. The fourth-order valence-corrected chi connectivity index (χ4v) is 3.20. The van der Waals surface area contributed by atoms with Gasteiger partial charge in [0.15, 0.2) is 0 Å². The Balaban J connectivity index is 1.75. The largest absolute Gasteiger partial charge is 0.494 e. The van der Waals surface area contributed by atoms with Crippen molar-refractivity contribution in [2.45, 2.75) is 77.7 Å². The molecule has 2 atom stereocenters. The minimum Gasteiger partial charge on any atom is -0.494 e. The minimum atomic E-state index is -0.0811. The van der Waals surface area contributed by atoms with Crippen LogP contribution in [0.1, 0.15) is 83.3 Å². The summed E-state index contributed by atoms with van der Waals surface area (Å²) in [5.74, 6) is 0.955. The van der Waals surface area contributed by atoms with Crippen LogP contribution < -0.4 is 4.74 Å². The summed E-state index contributed by atoms with van der Waals surface area (Å²) in [5, 5.41) is 0. The predicted octanol–water partition coefficient (Wildman–Crippen LogP) is 5.83. The van der Waals surface area contributed by atoms with E-state index in [4.69, 9.17) is 9.47 Å². The van der Waals surface area contributed by atoms with E-state index in [0.29, 0.717) is 0 Å². The van der Waals surface area contributed by atoms with Gasteiger partial charge in [-0.25, -0.2) is 0 Å². The van der Waals surface area contributed by atoms with E-state index in [9.17, 15) is 4.79 Å². The van der Waals surface area contributed by atoms with Gasteiger partial charge in [-0.05, 0) is 30.5 Å². The molecule has 3 heteroatoms. The fraction of sp³-hybridized carbons (Fsp3) is 0.667. The summed E-state index contributed by atoms with van der Waals surface area (Å²) in [5.41, 5.74) is 1.08. The van der Waals surface area contributed by atoms with Crippen molar-refractivity contribution in [3.63, 3.8) is 0 Å². The minimum absolute atomic E-state index is 0.0270. The Kier molecular flexibility index (Phi) is 8.14. The van der Waals surface area contributed by atoms with Crippen LogP contribution >= 0.6 is 0 Å². The van der Waals surface area contributed by atoms with E-state index in [1.54, 1.807) is 0 Å². The third-order valence-electron chi connectivity index (χ3n) is 4.76. The monoisotopic (exact) mass is 332 g/mol. The van der Waals surface area contributed by atoms with Crippen LogP contribution in [-0.2, 0) is 9.53 Å². The molecule has 134 valence electrons. The number of cyclic esters (lactones) is 1. The zero-order valence-electron chi connectivity index (χ0n) is 15.3. The smallest absolute Gasteiger partial charge is 0.309 e. The molecule has 1 fully saturated rings. The number of ether oxygens (including phenoxy) is 2. The molecular formula is C21H32O3. The zero-order valence-corrected chi connectivity index (χ0v) is 15.3. The van der Waals surface area contributed by atoms with Gasteiger partial charge < -0.3 is 9.47 Å². The summed E-state index contributed by atoms with van der Waals surface area (Å²) in [7, 11) is 0. The number of hydrogen-bond donors (Lipinski definition) is 0. The van der Waals surface area contributed by atoms with Crippen LogP contribution in [0, 0.1) is 5.92 Å². The van der Waals surface area contributed by atoms with Gasteiger partial charge in [-0.15, -0.1) is 0 Å². The number of esters is 1. The van der Waals surface area contributed by atoms with Crippen LogP contribution in [0.2, 0.25) is 0 Å². The molecule has 1 saturated heterocycles. The van der Waals surface area contributed by atoms with Crippen molar-refractivity contribution in [2.75, 3.05) is 6.61 Å². The maximum Gasteiger partial charge on any atom is 0.309 e. The Labute approximate surface area is 146 Å². The highest BCUT2D eigenvalue weighted by Crippen LogP contribution is 2.36. The fourth-order valence-electron chi connectivity index (χ4n) is 3.20. The first-order chi connectivity index (χ1) is 11.7. The highest BCUT2D eigenvalue weighted by atomic mass is 16.6. The van der Waals surface area contributed by atoms with Crippen molar-refractivity contribution in [3.05, 3.63) is 29.8 Å². The summed E-state index contributed by atoms with van der Waals surface area (Å²) >= 11 is 0. The molecule has 0 radical (unpaired) electrons. The highest BCUT2D eigenvalue weighted by Gasteiger charge is 2.34. The highest BCUT2D eigenvalue weighted by molar-refractivity contribution is 5.74. The first kappa shape index (κ1) is 18.8. The molecule has 1 aliphatic rings. The third-order valence-corrected chi connectivity index (χ3v) is 4.76. The van der Waals surface area contributed by atoms with Crippen LogP contribution in [0.25, 0.3) is 0 Å². The first-order valence-corrected chi connectivity index (χ1v) is 9.67. The second-order valence-corrected chi connectivity index (χ2v) is 6.83. The summed E-state index contributed by atoms with van der Waals surface area (Å²) < 4.78 is 11.3. The van der Waals surface area contributed by atoms with Gasteiger partial charge in [0.05, 0.1) is 12.5 Å². The molecule has 1 aliphatic heterocycles. The number of rotatable bonds is 11. The summed E-state index contributed by atoms with van der Waals surface area (Å²) in [6.07, 6.45) is 10.1. The Morgan fingerprint density at radius 3 is 2.42 bits per heavy atom. The van der Waals surface area contributed by atoms with Crippen molar-refractivity contribution in [1.82, 2.24) is 0 Å². The van der Waals surface area contributed by atoms with E-state index in [0.717, 1.165) is 50.0 Å². The standard InChI is InChI=1S/C21H32O3/c1-3-5-7-8-9-15-23-19-13-11-17(12-14-19)20-16-18(10-6-4-2)21(22)24-20/h11-14,18,20H,3-10,15-16H2,1-2H3. The normalized spacial score (nSPS) is 20.2. The lowest BCUT2D eigenvalue weighted by molar-refractivity contribution is -0.144. The van der Waals surface area contributed by atoms with Gasteiger partial charge >= 0.3 is 5.97 Å². The van der Waals surface area contributed by atoms with Gasteiger partial charge in [0, 0.05) is 6.42 Å². The lowest BCUT2D eigenvalue weighted by Crippen LogP contribution is -2.06. The van der Waals surface area contributed by atoms with Crippen LogP contribution in [0.3, 0.4) is 0 Å². The molecule has 24 heavy (non-hydrogen) atoms. The molecule has 0 amide bonds. The first-order valence-electron chi connectivity index (χ1n) is 9.67. The van der Waals surface area contributed by atoms with Gasteiger partial charge in [-0.3, -0.25) is 4.79 Å². The maximum absolute atomic E-state index is 11.9. The zero-order chi connectivity index (χ0) is 17.2. The topological polar surface area (TPSA) is 35.5 Å². The molecule has 0 bridgehead atoms. The predicted molar refractivity (Wildman–Crippen MR) is 97.2 cm³/mol. The molecule has 0 aromatic heterocycles. The molecule has 2 unspecified atom stereocenters. The quantitative estimate of drug-likeness (QED) is 0.378. The second-order valence-electron chi connectivity index (χ2n) is 6.83. The van der Waals surface area contributed by atoms with Crippen molar-refractivity contribution in [1.29, 1.82) is 0 Å². The number of benzene rings is 1. The second kappa shape index (κ2) is 10.4. The van der Waals surface area contributed by atoms with Gasteiger partial charge in [0.1, 0.15) is 11.9 Å². The molecule has 0 aliphatic carbocycles. The Hall–Kier alpha value is -1.51. The molecule has 2 rings (SSSR count). The average Bonchev–Trinajstić information content (AvgIpc) is 2.97. The van der Waals surface area contributed by atoms with Crippen molar-refractivity contribution in [3.8, 4) is 5.75 Å². The summed E-state index contributed by atoms with van der Waals surface area (Å²) in [6.45, 7) is 5.16. The van der Waals surface area contributed by atoms with Crippen LogP contribution in [0.15, 0.2) is 24.3 Å². The van der Waals surface area contributed by atoms with E-state index >= 15 is 0 Å². The lowest BCUT2D eigenvalue weighted by Gasteiger charge is -2.11. The Morgan fingerprint density at radius 2 is 1.71 bits per heavy atom. The molecule has 1 aromatic carbocycles. The summed E-state index contributed by atoms with van der Waals surface area (Å²) in [4.78, 5) is 11.9. The van der Waals surface area contributed by atoms with Gasteiger partial charge in [-0.1, -0.05) is 64.5 Å². The third kappa shape index (κ3) is 5.85. The molecule has 3 nitrogen and oxygen atoms in total. The number of unbranched alkanes of at least 4 members (excludes halogenated alkanes) is 5. The van der Waals surface area contributed by atoms with Crippen LogP contribution in [0.4, 0.5) is 0 Å². The van der Waals surface area contributed by atoms with Gasteiger partial charge in [0.2, 0.25) is 0 Å². The van der Waals surface area contributed by atoms with Crippen LogP contribution in [-0.4, -0.2) is 12.6 Å². The average molecular weight is 332 g/mol.